The van der Waals surface area contributed by atoms with Gasteiger partial charge in [-0.15, -0.1) is 0 Å². The van der Waals surface area contributed by atoms with Crippen molar-refractivity contribution in [1.82, 2.24) is 10.3 Å². The average molecular weight is 239 g/mol. The molecule has 0 bridgehead atoms. The van der Waals surface area contributed by atoms with E-state index in [-0.39, 0.29) is 23.2 Å². The fraction of sp³-hybridized carbons (Fsp3) is 0. The summed E-state index contributed by atoms with van der Waals surface area (Å²) in [5.41, 5.74) is 9.56. The summed E-state index contributed by atoms with van der Waals surface area (Å²) in [5, 5.41) is 2.41. The van der Waals surface area contributed by atoms with E-state index in [4.69, 9.17) is 17.3 Å². The number of amides is 4. The van der Waals surface area contributed by atoms with Crippen LogP contribution in [0.5, 0.6) is 0 Å². The minimum absolute atomic E-state index is 0.285. The second-order valence-corrected chi connectivity index (χ2v) is 2.99. The molecule has 17 heavy (non-hydrogen) atoms. The van der Waals surface area contributed by atoms with Crippen molar-refractivity contribution in [3.8, 4) is 0 Å². The van der Waals surface area contributed by atoms with Crippen molar-refractivity contribution >= 4 is 23.6 Å². The van der Waals surface area contributed by atoms with E-state index in [2.05, 4.69) is 0 Å². The lowest BCUT2D eigenvalue weighted by Gasteiger charge is -2.02. The monoisotopic (exact) mass is 239 g/mol. The van der Waals surface area contributed by atoms with Crippen LogP contribution < -0.4 is 22.6 Å². The van der Waals surface area contributed by atoms with Crippen LogP contribution in [0.4, 0.5) is 0 Å². The maximum Gasteiger partial charge on any atom is 0.293 e. The molecule has 2 rings (SSSR count). The fourth-order valence-corrected chi connectivity index (χ4v) is 0.938. The molecule has 0 aromatic heterocycles. The van der Waals surface area contributed by atoms with E-state index in [1.54, 1.807) is 0 Å². The van der Waals surface area contributed by atoms with Gasteiger partial charge in [-0.1, -0.05) is 0 Å². The van der Waals surface area contributed by atoms with E-state index in [1.807, 2.05) is 5.32 Å². The molecule has 2 aliphatic heterocycles. The Hall–Kier alpha value is -2.68. The largest absolute Gasteiger partial charge is 0.392 e. The summed E-state index contributed by atoms with van der Waals surface area (Å²) in [6.07, 6.45) is 2.39. The van der Waals surface area contributed by atoms with E-state index >= 15 is 0 Å². The van der Waals surface area contributed by atoms with Crippen LogP contribution >= 0.6 is 0 Å². The minimum Gasteiger partial charge on any atom is -0.392 e. The summed E-state index contributed by atoms with van der Waals surface area (Å²) < 4.78 is 0. The van der Waals surface area contributed by atoms with Gasteiger partial charge in [-0.05, 0) is 0 Å². The van der Waals surface area contributed by atoms with Gasteiger partial charge in [-0.25, -0.2) is 10.9 Å². The number of hydrogen-bond acceptors (Lipinski definition) is 7. The number of carbonyl (C=O) groups is 4. The molecule has 9 heteroatoms. The molecule has 0 aromatic carbocycles. The van der Waals surface area contributed by atoms with Gasteiger partial charge in [0, 0.05) is 12.2 Å². The van der Waals surface area contributed by atoms with Gasteiger partial charge in [0.25, 0.3) is 23.6 Å². The molecule has 0 unspecified atom stereocenters. The highest BCUT2D eigenvalue weighted by atomic mass is 16.2. The number of nitrogens with two attached hydrogens (primary N) is 3. The van der Waals surface area contributed by atoms with Crippen LogP contribution in [-0.4, -0.2) is 28.6 Å². The first kappa shape index (κ1) is 12.4. The third-order valence-electron chi connectivity index (χ3n) is 1.82. The number of nitrogens with one attached hydrogen (secondary N) is 1. The number of carbonyl (C=O) groups excluding carboxylic acids is 4. The molecule has 7 N–H and O–H groups in total. The molecule has 0 spiro atoms. The van der Waals surface area contributed by atoms with Crippen molar-refractivity contribution in [2.24, 2.45) is 17.3 Å². The zero-order valence-electron chi connectivity index (χ0n) is 8.47. The summed E-state index contributed by atoms with van der Waals surface area (Å²) in [5.74, 6) is 2.78. The van der Waals surface area contributed by atoms with Crippen LogP contribution in [0.15, 0.2) is 23.5 Å². The Labute approximate surface area is 94.9 Å². The van der Waals surface area contributed by atoms with Crippen LogP contribution in [0.1, 0.15) is 0 Å². The van der Waals surface area contributed by atoms with Gasteiger partial charge in [0.1, 0.15) is 11.4 Å². The molecule has 2 aliphatic rings. The van der Waals surface area contributed by atoms with Gasteiger partial charge in [0.15, 0.2) is 0 Å². The first-order chi connectivity index (χ1) is 7.84. The van der Waals surface area contributed by atoms with Gasteiger partial charge in [-0.2, -0.15) is 0 Å². The van der Waals surface area contributed by atoms with Crippen molar-refractivity contribution in [2.75, 3.05) is 0 Å². The molecular weight excluding hydrogens is 230 g/mol. The Bertz CT molecular complexity index is 438. The SMILES string of the molecule is NC1=C(N)C(=O)N(N)C1=O.O=C1C=CC(=O)N1. The lowest BCUT2D eigenvalue weighted by Crippen LogP contribution is -2.39. The lowest BCUT2D eigenvalue weighted by atomic mass is 10.4. The summed E-state index contributed by atoms with van der Waals surface area (Å²) in [4.78, 5) is 41.4. The highest BCUT2D eigenvalue weighted by Gasteiger charge is 2.32. The molecule has 0 saturated carbocycles. The third-order valence-corrected chi connectivity index (χ3v) is 1.82. The predicted octanol–water partition coefficient (Wildman–Crippen LogP) is -3.44. The molecule has 0 fully saturated rings. The van der Waals surface area contributed by atoms with Crippen molar-refractivity contribution in [2.45, 2.75) is 0 Å². The van der Waals surface area contributed by atoms with Crippen LogP contribution in [0.25, 0.3) is 0 Å². The van der Waals surface area contributed by atoms with E-state index in [1.165, 1.54) is 12.2 Å². The molecule has 0 aromatic rings. The Morgan fingerprint density at radius 1 is 0.882 bits per heavy atom. The highest BCUT2D eigenvalue weighted by molar-refractivity contribution is 6.17. The van der Waals surface area contributed by atoms with Gasteiger partial charge in [0.05, 0.1) is 0 Å². The highest BCUT2D eigenvalue weighted by Crippen LogP contribution is 2.07. The molecule has 90 valence electrons. The number of rotatable bonds is 0. The molecule has 9 nitrogen and oxygen atoms in total. The molecule has 4 amide bonds. The normalized spacial score (nSPS) is 18.5. The summed E-state index contributed by atoms with van der Waals surface area (Å²) in [6.45, 7) is 0. The van der Waals surface area contributed by atoms with Crippen molar-refractivity contribution in [1.29, 1.82) is 0 Å². The molecule has 0 saturated heterocycles. The predicted molar refractivity (Wildman–Crippen MR) is 53.7 cm³/mol. The number of nitrogens with zero attached hydrogens (tertiary/aromatic N) is 1. The Morgan fingerprint density at radius 3 is 1.35 bits per heavy atom. The van der Waals surface area contributed by atoms with E-state index in [0.29, 0.717) is 5.01 Å². The quantitative estimate of drug-likeness (QED) is 0.194. The van der Waals surface area contributed by atoms with Crippen LogP contribution in [0.3, 0.4) is 0 Å². The van der Waals surface area contributed by atoms with E-state index in [0.717, 1.165) is 0 Å². The number of hydrazine groups is 1. The Balaban J connectivity index is 0.000000181. The van der Waals surface area contributed by atoms with Crippen molar-refractivity contribution < 1.29 is 19.2 Å². The van der Waals surface area contributed by atoms with Gasteiger partial charge in [-0.3, -0.25) is 24.5 Å². The van der Waals surface area contributed by atoms with Gasteiger partial charge < -0.3 is 11.5 Å². The second kappa shape index (κ2) is 4.45. The standard InChI is InChI=1S/C4H6N4O2.C4H3NO2/c5-1-2(6)4(10)8(7)3(1)9;6-3-1-2-4(7)5-3/h5-7H2;1-2H,(H,5,6,7). The van der Waals surface area contributed by atoms with Crippen molar-refractivity contribution in [3.05, 3.63) is 23.5 Å². The van der Waals surface area contributed by atoms with Gasteiger partial charge in [0.2, 0.25) is 0 Å². The van der Waals surface area contributed by atoms with Gasteiger partial charge >= 0.3 is 0 Å². The molecule has 0 atom stereocenters. The molecule has 0 aliphatic carbocycles. The lowest BCUT2D eigenvalue weighted by molar-refractivity contribution is -0.138. The molecule has 2 heterocycles. The first-order valence-electron chi connectivity index (χ1n) is 4.26. The Kier molecular flexibility index (Phi) is 3.24. The Morgan fingerprint density at radius 2 is 1.24 bits per heavy atom. The van der Waals surface area contributed by atoms with Crippen LogP contribution in [-0.2, 0) is 19.2 Å². The van der Waals surface area contributed by atoms with E-state index in [9.17, 15) is 19.2 Å². The van der Waals surface area contributed by atoms with Crippen LogP contribution in [0.2, 0.25) is 0 Å². The zero-order chi connectivity index (χ0) is 13.2. The zero-order valence-corrected chi connectivity index (χ0v) is 8.47. The number of hydrogen-bond donors (Lipinski definition) is 4. The first-order valence-corrected chi connectivity index (χ1v) is 4.26. The summed E-state index contributed by atoms with van der Waals surface area (Å²) >= 11 is 0. The number of imide groups is 2. The molecular formula is C8H9N5O4. The minimum atomic E-state index is -0.748. The summed E-state index contributed by atoms with van der Waals surface area (Å²) in [6, 6.07) is 0. The smallest absolute Gasteiger partial charge is 0.293 e. The van der Waals surface area contributed by atoms with Crippen molar-refractivity contribution in [3.63, 3.8) is 0 Å². The summed E-state index contributed by atoms with van der Waals surface area (Å²) in [7, 11) is 0. The van der Waals surface area contributed by atoms with Crippen LogP contribution in [0, 0.1) is 0 Å². The average Bonchev–Trinajstić information content (AvgIpc) is 2.74. The maximum atomic E-state index is 10.6. The maximum absolute atomic E-state index is 10.6. The topological polar surface area (TPSA) is 162 Å². The third kappa shape index (κ3) is 2.46. The fourth-order valence-electron chi connectivity index (χ4n) is 0.938. The molecule has 0 radical (unpaired) electrons. The second-order valence-electron chi connectivity index (χ2n) is 2.99. The van der Waals surface area contributed by atoms with E-state index < -0.39 is 11.8 Å².